The van der Waals surface area contributed by atoms with Gasteiger partial charge in [-0.05, 0) is 23.3 Å². The third-order valence-corrected chi connectivity index (χ3v) is 2.96. The molecule has 3 rings (SSSR count). The van der Waals surface area contributed by atoms with Crippen LogP contribution in [-0.4, -0.2) is 17.1 Å². The number of hydrogen-bond acceptors (Lipinski definition) is 4. The molecule has 2 aromatic heterocycles. The molecule has 0 fully saturated rings. The fourth-order valence-electron chi connectivity index (χ4n) is 2.08. The number of nitrogens with two attached hydrogens (primary N) is 1. The summed E-state index contributed by atoms with van der Waals surface area (Å²) in [5, 5.41) is 0.959. The zero-order chi connectivity index (χ0) is 13.2. The molecule has 0 bridgehead atoms. The summed E-state index contributed by atoms with van der Waals surface area (Å²) in [5.74, 6) is 0.983. The number of fused-ring (bicyclic) bond motifs is 1. The highest BCUT2D eigenvalue weighted by Crippen LogP contribution is 2.29. The molecule has 2 heterocycles. The second-order valence-corrected chi connectivity index (χ2v) is 4.19. The Kier molecular flexibility index (Phi) is 2.76. The SMILES string of the molecule is COc1ccc2c(-c3ccccc3)cc(N)nc2n1. The monoisotopic (exact) mass is 251 g/mol. The van der Waals surface area contributed by atoms with Crippen LogP contribution in [0.5, 0.6) is 5.88 Å². The number of hydrogen-bond donors (Lipinski definition) is 1. The number of aromatic nitrogens is 2. The van der Waals surface area contributed by atoms with E-state index >= 15 is 0 Å². The Morgan fingerprint density at radius 1 is 1.00 bits per heavy atom. The van der Waals surface area contributed by atoms with E-state index in [0.29, 0.717) is 17.3 Å². The normalized spacial score (nSPS) is 10.6. The summed E-state index contributed by atoms with van der Waals surface area (Å²) in [6, 6.07) is 15.7. The molecule has 4 heteroatoms. The van der Waals surface area contributed by atoms with Crippen LogP contribution >= 0.6 is 0 Å². The van der Waals surface area contributed by atoms with Gasteiger partial charge in [-0.2, -0.15) is 4.98 Å². The Balaban J connectivity index is 2.30. The van der Waals surface area contributed by atoms with Crippen molar-refractivity contribution in [3.8, 4) is 17.0 Å². The standard InChI is InChI=1S/C15H13N3O/c1-19-14-8-7-11-12(10-5-3-2-4-6-10)9-13(16)17-15(11)18-14/h2-9H,1H3,(H2,16,17,18). The summed E-state index contributed by atoms with van der Waals surface area (Å²) in [6.45, 7) is 0. The molecule has 0 saturated heterocycles. The van der Waals surface area contributed by atoms with Crippen molar-refractivity contribution in [2.75, 3.05) is 12.8 Å². The minimum atomic E-state index is 0.451. The minimum Gasteiger partial charge on any atom is -0.481 e. The largest absolute Gasteiger partial charge is 0.481 e. The van der Waals surface area contributed by atoms with Gasteiger partial charge in [0, 0.05) is 11.5 Å². The van der Waals surface area contributed by atoms with Gasteiger partial charge in [0.05, 0.1) is 7.11 Å². The predicted molar refractivity (Wildman–Crippen MR) is 75.9 cm³/mol. The fraction of sp³-hybridized carbons (Fsp3) is 0.0667. The van der Waals surface area contributed by atoms with E-state index in [-0.39, 0.29) is 0 Å². The first-order chi connectivity index (χ1) is 9.28. The van der Waals surface area contributed by atoms with Crippen molar-refractivity contribution in [1.82, 2.24) is 9.97 Å². The number of ether oxygens (including phenoxy) is 1. The lowest BCUT2D eigenvalue weighted by atomic mass is 10.0. The molecule has 0 aliphatic heterocycles. The number of rotatable bonds is 2. The summed E-state index contributed by atoms with van der Waals surface area (Å²) < 4.78 is 5.12. The van der Waals surface area contributed by atoms with Crippen molar-refractivity contribution in [2.45, 2.75) is 0 Å². The molecule has 0 atom stereocenters. The first-order valence-electron chi connectivity index (χ1n) is 5.94. The molecule has 2 N–H and O–H groups in total. The van der Waals surface area contributed by atoms with E-state index in [2.05, 4.69) is 9.97 Å². The average Bonchev–Trinajstić information content (AvgIpc) is 2.46. The van der Waals surface area contributed by atoms with E-state index in [1.165, 1.54) is 0 Å². The molecule has 0 aliphatic carbocycles. The second-order valence-electron chi connectivity index (χ2n) is 4.19. The van der Waals surface area contributed by atoms with Crippen LogP contribution in [0.4, 0.5) is 5.82 Å². The number of pyridine rings is 2. The van der Waals surface area contributed by atoms with E-state index in [1.807, 2.05) is 48.5 Å². The number of nitrogen functional groups attached to an aromatic ring is 1. The van der Waals surface area contributed by atoms with Gasteiger partial charge in [-0.3, -0.25) is 0 Å². The maximum absolute atomic E-state index is 5.86. The lowest BCUT2D eigenvalue weighted by Crippen LogP contribution is -1.96. The van der Waals surface area contributed by atoms with E-state index in [0.717, 1.165) is 16.5 Å². The highest BCUT2D eigenvalue weighted by atomic mass is 16.5. The highest BCUT2D eigenvalue weighted by Gasteiger charge is 2.08. The molecule has 0 radical (unpaired) electrons. The Hall–Kier alpha value is -2.62. The van der Waals surface area contributed by atoms with Gasteiger partial charge in [0.2, 0.25) is 5.88 Å². The van der Waals surface area contributed by atoms with E-state index in [4.69, 9.17) is 10.5 Å². The molecule has 0 spiro atoms. The molecule has 19 heavy (non-hydrogen) atoms. The zero-order valence-corrected chi connectivity index (χ0v) is 10.5. The van der Waals surface area contributed by atoms with Gasteiger partial charge in [0.25, 0.3) is 0 Å². The van der Waals surface area contributed by atoms with Gasteiger partial charge in [-0.15, -0.1) is 0 Å². The lowest BCUT2D eigenvalue weighted by Gasteiger charge is -2.08. The molecule has 0 aliphatic rings. The highest BCUT2D eigenvalue weighted by molar-refractivity contribution is 5.94. The van der Waals surface area contributed by atoms with E-state index in [9.17, 15) is 0 Å². The van der Waals surface area contributed by atoms with Gasteiger partial charge in [0.1, 0.15) is 5.82 Å². The van der Waals surface area contributed by atoms with E-state index in [1.54, 1.807) is 7.11 Å². The van der Waals surface area contributed by atoms with Crippen LogP contribution in [0.1, 0.15) is 0 Å². The van der Waals surface area contributed by atoms with Crippen molar-refractivity contribution < 1.29 is 4.74 Å². The van der Waals surface area contributed by atoms with Crippen LogP contribution in [0, 0.1) is 0 Å². The van der Waals surface area contributed by atoms with Crippen molar-refractivity contribution in [3.05, 3.63) is 48.5 Å². The Morgan fingerprint density at radius 2 is 1.79 bits per heavy atom. The van der Waals surface area contributed by atoms with Crippen molar-refractivity contribution in [3.63, 3.8) is 0 Å². The van der Waals surface area contributed by atoms with Gasteiger partial charge < -0.3 is 10.5 Å². The molecule has 94 valence electrons. The topological polar surface area (TPSA) is 61.0 Å². The average molecular weight is 251 g/mol. The number of methoxy groups -OCH3 is 1. The van der Waals surface area contributed by atoms with Gasteiger partial charge in [-0.25, -0.2) is 4.98 Å². The summed E-state index contributed by atoms with van der Waals surface area (Å²) in [5.41, 5.74) is 8.57. The first-order valence-corrected chi connectivity index (χ1v) is 5.94. The Bertz CT molecular complexity index is 726. The fourth-order valence-corrected chi connectivity index (χ4v) is 2.08. The van der Waals surface area contributed by atoms with Crippen molar-refractivity contribution in [1.29, 1.82) is 0 Å². The van der Waals surface area contributed by atoms with Crippen molar-refractivity contribution in [2.24, 2.45) is 0 Å². The van der Waals surface area contributed by atoms with Crippen LogP contribution < -0.4 is 10.5 Å². The Morgan fingerprint density at radius 3 is 2.53 bits per heavy atom. The van der Waals surface area contributed by atoms with E-state index < -0.39 is 0 Å². The summed E-state index contributed by atoms with van der Waals surface area (Å²) in [6.07, 6.45) is 0. The summed E-state index contributed by atoms with van der Waals surface area (Å²) >= 11 is 0. The smallest absolute Gasteiger partial charge is 0.215 e. The summed E-state index contributed by atoms with van der Waals surface area (Å²) in [4.78, 5) is 8.58. The van der Waals surface area contributed by atoms with Crippen molar-refractivity contribution >= 4 is 16.9 Å². The molecule has 1 aromatic carbocycles. The third kappa shape index (κ3) is 2.08. The number of anilines is 1. The maximum atomic E-state index is 5.86. The molecule has 4 nitrogen and oxygen atoms in total. The minimum absolute atomic E-state index is 0.451. The number of nitrogens with zero attached hydrogens (tertiary/aromatic N) is 2. The molecular weight excluding hydrogens is 238 g/mol. The first kappa shape index (κ1) is 11.5. The quantitative estimate of drug-likeness (QED) is 0.760. The third-order valence-electron chi connectivity index (χ3n) is 2.96. The molecule has 0 amide bonds. The van der Waals surface area contributed by atoms with Crippen LogP contribution in [-0.2, 0) is 0 Å². The van der Waals surface area contributed by atoms with Crippen LogP contribution in [0.2, 0.25) is 0 Å². The zero-order valence-electron chi connectivity index (χ0n) is 10.5. The lowest BCUT2D eigenvalue weighted by molar-refractivity contribution is 0.399. The number of benzene rings is 1. The summed E-state index contributed by atoms with van der Waals surface area (Å²) in [7, 11) is 1.58. The molecule has 3 aromatic rings. The predicted octanol–water partition coefficient (Wildman–Crippen LogP) is 2.89. The van der Waals surface area contributed by atoms with Crippen LogP contribution in [0.3, 0.4) is 0 Å². The van der Waals surface area contributed by atoms with Gasteiger partial charge >= 0.3 is 0 Å². The van der Waals surface area contributed by atoms with Gasteiger partial charge in [-0.1, -0.05) is 30.3 Å². The van der Waals surface area contributed by atoms with Crippen LogP contribution in [0.15, 0.2) is 48.5 Å². The second kappa shape index (κ2) is 4.57. The van der Waals surface area contributed by atoms with Crippen LogP contribution in [0.25, 0.3) is 22.2 Å². The molecule has 0 unspecified atom stereocenters. The molecular formula is C15H13N3O. The van der Waals surface area contributed by atoms with Gasteiger partial charge in [0.15, 0.2) is 5.65 Å². The maximum Gasteiger partial charge on any atom is 0.215 e. The Labute approximate surface area is 110 Å². The molecule has 0 saturated carbocycles.